The van der Waals surface area contributed by atoms with Crippen LogP contribution in [0, 0.1) is 5.41 Å². The van der Waals surface area contributed by atoms with Crippen LogP contribution in [-0.4, -0.2) is 45.2 Å². The second kappa shape index (κ2) is 9.53. The number of ether oxygens (including phenoxy) is 4. The first-order valence-corrected chi connectivity index (χ1v) is 8.70. The summed E-state index contributed by atoms with van der Waals surface area (Å²) in [7, 11) is 0. The summed E-state index contributed by atoms with van der Waals surface area (Å²) in [6, 6.07) is 6.30. The van der Waals surface area contributed by atoms with Crippen molar-refractivity contribution in [1.29, 1.82) is 0 Å². The number of rotatable bonds is 8. The van der Waals surface area contributed by atoms with Gasteiger partial charge in [0.2, 0.25) is 0 Å². The van der Waals surface area contributed by atoms with Crippen LogP contribution in [0.15, 0.2) is 24.3 Å². The van der Waals surface area contributed by atoms with Gasteiger partial charge in [-0.15, -0.1) is 0 Å². The van der Waals surface area contributed by atoms with Crippen LogP contribution in [0.5, 0.6) is 0 Å². The predicted octanol–water partition coefficient (Wildman–Crippen LogP) is 3.20. The van der Waals surface area contributed by atoms with Gasteiger partial charge in [-0.1, -0.05) is 20.3 Å². The minimum Gasteiger partial charge on any atom is -0.462 e. The normalized spacial score (nSPS) is 16.2. The molecule has 1 saturated heterocycles. The van der Waals surface area contributed by atoms with Crippen molar-refractivity contribution in [2.75, 3.05) is 33.2 Å². The van der Waals surface area contributed by atoms with E-state index < -0.39 is 5.97 Å². The molecule has 6 nitrogen and oxygen atoms in total. The lowest BCUT2D eigenvalue weighted by Gasteiger charge is -2.35. The van der Waals surface area contributed by atoms with E-state index in [9.17, 15) is 9.59 Å². The molecule has 0 saturated carbocycles. The van der Waals surface area contributed by atoms with Crippen LogP contribution in [0.4, 0.5) is 0 Å². The highest BCUT2D eigenvalue weighted by atomic mass is 16.7. The zero-order valence-electron chi connectivity index (χ0n) is 14.9. The predicted molar refractivity (Wildman–Crippen MR) is 91.4 cm³/mol. The number of hydrogen-bond donors (Lipinski definition) is 0. The molecule has 1 fully saturated rings. The standard InChI is InChI=1S/C19H26O6/c1-3-5-10-24-17(20)15-6-8-16(9-7-15)18(21)25-13-19(4-2)11-22-14-23-12-19/h6-9H,3-5,10-14H2,1-2H3. The molecule has 6 heteroatoms. The Hall–Kier alpha value is -1.92. The Morgan fingerprint density at radius 1 is 1.00 bits per heavy atom. The lowest BCUT2D eigenvalue weighted by molar-refractivity contribution is -0.177. The molecule has 0 radical (unpaired) electrons. The number of carbonyl (C=O) groups excluding carboxylic acids is 2. The van der Waals surface area contributed by atoms with Gasteiger partial charge in [-0.2, -0.15) is 0 Å². The molecular formula is C19H26O6. The summed E-state index contributed by atoms with van der Waals surface area (Å²) in [6.45, 7) is 6.00. The Balaban J connectivity index is 1.88. The second-order valence-corrected chi connectivity index (χ2v) is 6.31. The molecule has 138 valence electrons. The van der Waals surface area contributed by atoms with E-state index in [1.807, 2.05) is 13.8 Å². The van der Waals surface area contributed by atoms with Gasteiger partial charge in [-0.3, -0.25) is 0 Å². The number of carbonyl (C=O) groups is 2. The van der Waals surface area contributed by atoms with E-state index in [0.29, 0.717) is 30.9 Å². The van der Waals surface area contributed by atoms with Gasteiger partial charge in [-0.05, 0) is 37.1 Å². The van der Waals surface area contributed by atoms with Gasteiger partial charge in [0.1, 0.15) is 13.4 Å². The minimum absolute atomic E-state index is 0.239. The highest BCUT2D eigenvalue weighted by molar-refractivity contribution is 5.93. The molecule has 0 aliphatic carbocycles. The molecule has 0 spiro atoms. The van der Waals surface area contributed by atoms with Gasteiger partial charge in [-0.25, -0.2) is 9.59 Å². The summed E-state index contributed by atoms with van der Waals surface area (Å²) in [5.41, 5.74) is 0.525. The lowest BCUT2D eigenvalue weighted by Crippen LogP contribution is -2.41. The van der Waals surface area contributed by atoms with Crippen molar-refractivity contribution in [3.05, 3.63) is 35.4 Å². The zero-order valence-corrected chi connectivity index (χ0v) is 14.9. The van der Waals surface area contributed by atoms with E-state index in [-0.39, 0.29) is 24.8 Å². The molecule has 0 aromatic heterocycles. The minimum atomic E-state index is -0.427. The lowest BCUT2D eigenvalue weighted by atomic mass is 9.87. The van der Waals surface area contributed by atoms with Crippen LogP contribution in [0.1, 0.15) is 53.8 Å². The SMILES string of the molecule is CCCCOC(=O)c1ccc(C(=O)OCC2(CC)COCOC2)cc1. The molecular weight excluding hydrogens is 324 g/mol. The average Bonchev–Trinajstić information content (AvgIpc) is 2.67. The molecule has 1 aromatic rings. The molecule has 0 unspecified atom stereocenters. The Bertz CT molecular complexity index is 560. The van der Waals surface area contributed by atoms with Crippen molar-refractivity contribution in [3.8, 4) is 0 Å². The summed E-state index contributed by atoms with van der Waals surface area (Å²) < 4.78 is 21.2. The van der Waals surface area contributed by atoms with Crippen molar-refractivity contribution in [1.82, 2.24) is 0 Å². The Morgan fingerprint density at radius 3 is 2.08 bits per heavy atom. The highest BCUT2D eigenvalue weighted by Crippen LogP contribution is 2.27. The summed E-state index contributed by atoms with van der Waals surface area (Å²) in [4.78, 5) is 24.1. The first kappa shape index (κ1) is 19.4. The van der Waals surface area contributed by atoms with E-state index >= 15 is 0 Å². The summed E-state index contributed by atoms with van der Waals surface area (Å²) in [5, 5.41) is 0. The number of benzene rings is 1. The van der Waals surface area contributed by atoms with Crippen LogP contribution >= 0.6 is 0 Å². The maximum absolute atomic E-state index is 12.2. The molecule has 1 aromatic carbocycles. The second-order valence-electron chi connectivity index (χ2n) is 6.31. The van der Waals surface area contributed by atoms with Gasteiger partial charge < -0.3 is 18.9 Å². The molecule has 0 amide bonds. The first-order valence-electron chi connectivity index (χ1n) is 8.70. The van der Waals surface area contributed by atoms with Gasteiger partial charge in [0.25, 0.3) is 0 Å². The fourth-order valence-corrected chi connectivity index (χ4v) is 2.44. The summed E-state index contributed by atoms with van der Waals surface area (Å²) in [6.07, 6.45) is 2.60. The van der Waals surface area contributed by atoms with Crippen molar-refractivity contribution < 1.29 is 28.5 Å². The van der Waals surface area contributed by atoms with Crippen LogP contribution in [0.2, 0.25) is 0 Å². The van der Waals surface area contributed by atoms with Gasteiger partial charge in [0.05, 0.1) is 36.4 Å². The number of unbranched alkanes of at least 4 members (excludes halogenated alkanes) is 1. The summed E-state index contributed by atoms with van der Waals surface area (Å²) >= 11 is 0. The van der Waals surface area contributed by atoms with Crippen LogP contribution < -0.4 is 0 Å². The summed E-state index contributed by atoms with van der Waals surface area (Å²) in [5.74, 6) is -0.806. The fourth-order valence-electron chi connectivity index (χ4n) is 2.44. The van der Waals surface area contributed by atoms with Crippen molar-refractivity contribution in [2.45, 2.75) is 33.1 Å². The highest BCUT2D eigenvalue weighted by Gasteiger charge is 2.33. The molecule has 2 rings (SSSR count). The maximum Gasteiger partial charge on any atom is 0.338 e. The monoisotopic (exact) mass is 350 g/mol. The van der Waals surface area contributed by atoms with E-state index in [1.165, 1.54) is 0 Å². The third-order valence-corrected chi connectivity index (χ3v) is 4.33. The number of esters is 2. The largest absolute Gasteiger partial charge is 0.462 e. The van der Waals surface area contributed by atoms with Crippen LogP contribution in [0.25, 0.3) is 0 Å². The van der Waals surface area contributed by atoms with E-state index in [1.54, 1.807) is 24.3 Å². The van der Waals surface area contributed by atoms with Crippen LogP contribution in [0.3, 0.4) is 0 Å². The van der Waals surface area contributed by atoms with E-state index in [0.717, 1.165) is 19.3 Å². The molecule has 1 aliphatic heterocycles. The van der Waals surface area contributed by atoms with Crippen molar-refractivity contribution >= 4 is 11.9 Å². The first-order chi connectivity index (χ1) is 12.1. The van der Waals surface area contributed by atoms with Gasteiger partial charge in [0.15, 0.2) is 0 Å². The third kappa shape index (κ3) is 5.54. The fraction of sp³-hybridized carbons (Fsp3) is 0.579. The Labute approximate surface area is 148 Å². The van der Waals surface area contributed by atoms with Gasteiger partial charge >= 0.3 is 11.9 Å². The molecule has 0 bridgehead atoms. The van der Waals surface area contributed by atoms with Gasteiger partial charge in [0, 0.05) is 0 Å². The molecule has 1 aliphatic rings. The Morgan fingerprint density at radius 2 is 1.56 bits per heavy atom. The molecule has 0 atom stereocenters. The zero-order chi connectivity index (χ0) is 18.1. The molecule has 0 N–H and O–H groups in total. The quantitative estimate of drug-likeness (QED) is 0.530. The topological polar surface area (TPSA) is 71.1 Å². The molecule has 1 heterocycles. The average molecular weight is 350 g/mol. The smallest absolute Gasteiger partial charge is 0.338 e. The third-order valence-electron chi connectivity index (χ3n) is 4.33. The van der Waals surface area contributed by atoms with E-state index in [4.69, 9.17) is 18.9 Å². The molecule has 25 heavy (non-hydrogen) atoms. The van der Waals surface area contributed by atoms with Crippen molar-refractivity contribution in [3.63, 3.8) is 0 Å². The van der Waals surface area contributed by atoms with Crippen LogP contribution in [-0.2, 0) is 18.9 Å². The van der Waals surface area contributed by atoms with Crippen molar-refractivity contribution in [2.24, 2.45) is 5.41 Å². The Kier molecular flexibility index (Phi) is 7.40. The van der Waals surface area contributed by atoms with E-state index in [2.05, 4.69) is 0 Å². The maximum atomic E-state index is 12.2. The number of hydrogen-bond acceptors (Lipinski definition) is 6.